The van der Waals surface area contributed by atoms with E-state index in [1.165, 1.54) is 0 Å². The molecule has 0 unspecified atom stereocenters. The molecule has 0 aliphatic heterocycles. The Hall–Kier alpha value is -1.68. The van der Waals surface area contributed by atoms with Crippen molar-refractivity contribution in [3.05, 3.63) is 48.2 Å². The Kier molecular flexibility index (Phi) is 6.75. The Morgan fingerprint density at radius 3 is 2.41 bits per heavy atom. The van der Waals surface area contributed by atoms with Crippen molar-refractivity contribution in [1.82, 2.24) is 4.72 Å². The third-order valence-corrected chi connectivity index (χ3v) is 4.43. The fourth-order valence-electron chi connectivity index (χ4n) is 1.72. The van der Waals surface area contributed by atoms with E-state index >= 15 is 0 Å². The molecule has 0 fully saturated rings. The Morgan fingerprint density at radius 2 is 1.95 bits per heavy atom. The first kappa shape index (κ1) is 18.4. The number of hydrogen-bond acceptors (Lipinski definition) is 3. The van der Waals surface area contributed by atoms with Crippen LogP contribution in [-0.2, 0) is 20.5 Å². The highest BCUT2D eigenvalue weighted by Gasteiger charge is 2.30. The minimum atomic E-state index is -1.43. The van der Waals surface area contributed by atoms with Gasteiger partial charge >= 0.3 is 5.97 Å². The Morgan fingerprint density at radius 1 is 1.36 bits per heavy atom. The van der Waals surface area contributed by atoms with E-state index in [0.717, 1.165) is 5.56 Å². The third-order valence-electron chi connectivity index (χ3n) is 2.87. The first-order valence-corrected chi connectivity index (χ1v) is 8.26. The fraction of sp³-hybridized carbons (Fsp3) is 0.412. The molecule has 0 saturated heterocycles. The number of carbonyl (C=O) groups excluding carboxylic acids is 1. The van der Waals surface area contributed by atoms with Crippen LogP contribution in [0.3, 0.4) is 0 Å². The maximum Gasteiger partial charge on any atom is 0.329 e. The van der Waals surface area contributed by atoms with Gasteiger partial charge in [0.1, 0.15) is 6.04 Å². The van der Waals surface area contributed by atoms with Crippen LogP contribution >= 0.6 is 0 Å². The van der Waals surface area contributed by atoms with Crippen LogP contribution in [0.1, 0.15) is 33.3 Å². The quantitative estimate of drug-likeness (QED) is 0.647. The monoisotopic (exact) mass is 321 g/mol. The van der Waals surface area contributed by atoms with Crippen LogP contribution < -0.4 is 4.72 Å². The van der Waals surface area contributed by atoms with Gasteiger partial charge in [-0.15, -0.1) is 5.73 Å². The van der Waals surface area contributed by atoms with E-state index in [4.69, 9.17) is 4.74 Å². The molecular weight excluding hydrogens is 298 g/mol. The summed E-state index contributed by atoms with van der Waals surface area (Å²) in [5, 5.41) is 0. The normalized spacial score (nSPS) is 13.8. The number of hydrogen-bond donors (Lipinski definition) is 1. The predicted molar refractivity (Wildman–Crippen MR) is 90.4 cm³/mol. The molecule has 22 heavy (non-hydrogen) atoms. The molecule has 1 aromatic carbocycles. The first-order valence-electron chi connectivity index (χ1n) is 7.11. The lowest BCUT2D eigenvalue weighted by Gasteiger charge is -2.24. The lowest BCUT2D eigenvalue weighted by molar-refractivity contribution is -0.143. The van der Waals surface area contributed by atoms with Gasteiger partial charge < -0.3 is 4.74 Å². The number of carbonyl (C=O) groups is 1. The zero-order valence-corrected chi connectivity index (χ0v) is 14.3. The second kappa shape index (κ2) is 8.08. The smallest absolute Gasteiger partial charge is 0.329 e. The van der Waals surface area contributed by atoms with Crippen LogP contribution in [0.15, 0.2) is 42.6 Å². The first-order chi connectivity index (χ1) is 10.3. The van der Waals surface area contributed by atoms with Crippen molar-refractivity contribution in [2.24, 2.45) is 0 Å². The van der Waals surface area contributed by atoms with Gasteiger partial charge in [0, 0.05) is 5.57 Å². The van der Waals surface area contributed by atoms with Gasteiger partial charge in [-0.1, -0.05) is 36.9 Å². The van der Waals surface area contributed by atoms with E-state index in [2.05, 4.69) is 17.0 Å². The molecule has 1 rings (SSSR count). The van der Waals surface area contributed by atoms with Crippen LogP contribution in [0.4, 0.5) is 0 Å². The van der Waals surface area contributed by atoms with Gasteiger partial charge in [-0.05, 0) is 33.3 Å². The molecular formula is C17H23NO3S. The van der Waals surface area contributed by atoms with E-state index in [1.54, 1.807) is 6.92 Å². The fourth-order valence-corrected chi connectivity index (χ4v) is 2.50. The van der Waals surface area contributed by atoms with Crippen molar-refractivity contribution >= 4 is 22.5 Å². The van der Waals surface area contributed by atoms with Crippen LogP contribution in [0, 0.1) is 0 Å². The van der Waals surface area contributed by atoms with Crippen molar-refractivity contribution < 1.29 is 13.7 Å². The van der Waals surface area contributed by atoms with Gasteiger partial charge in [-0.2, -0.15) is 0 Å². The summed E-state index contributed by atoms with van der Waals surface area (Å²) in [5.41, 5.74) is 4.09. The Balaban J connectivity index is 3.17. The molecule has 0 spiro atoms. The van der Waals surface area contributed by atoms with Crippen molar-refractivity contribution in [3.63, 3.8) is 0 Å². The Labute approximate surface area is 134 Å². The van der Waals surface area contributed by atoms with Crippen molar-refractivity contribution in [3.8, 4) is 0 Å². The van der Waals surface area contributed by atoms with E-state index in [1.807, 2.05) is 51.1 Å². The summed E-state index contributed by atoms with van der Waals surface area (Å²) in [6.07, 6.45) is 0. The van der Waals surface area contributed by atoms with E-state index < -0.39 is 27.7 Å². The number of rotatable bonds is 6. The van der Waals surface area contributed by atoms with Crippen LogP contribution in [0.2, 0.25) is 0 Å². The highest BCUT2D eigenvalue weighted by molar-refractivity contribution is 7.84. The largest absolute Gasteiger partial charge is 0.465 e. The minimum absolute atomic E-state index is 0.248. The highest BCUT2D eigenvalue weighted by atomic mass is 32.2. The average Bonchev–Trinajstić information content (AvgIpc) is 2.47. The zero-order chi connectivity index (χ0) is 16.8. The van der Waals surface area contributed by atoms with Crippen LogP contribution in [-0.4, -0.2) is 27.6 Å². The summed E-state index contributed by atoms with van der Waals surface area (Å²) < 4.78 is 19.8. The summed E-state index contributed by atoms with van der Waals surface area (Å²) >= 11 is 0. The number of nitrogens with one attached hydrogen (secondary N) is 1. The van der Waals surface area contributed by atoms with Crippen molar-refractivity contribution in [1.29, 1.82) is 0 Å². The molecule has 0 aromatic heterocycles. The Bertz CT molecular complexity index is 584. The van der Waals surface area contributed by atoms with Crippen molar-refractivity contribution in [2.75, 3.05) is 6.61 Å². The van der Waals surface area contributed by atoms with Gasteiger partial charge in [0.2, 0.25) is 0 Å². The van der Waals surface area contributed by atoms with E-state index in [0.29, 0.717) is 5.57 Å². The summed E-state index contributed by atoms with van der Waals surface area (Å²) in [7, 11) is -1.43. The molecule has 0 aliphatic carbocycles. The van der Waals surface area contributed by atoms with Crippen molar-refractivity contribution in [2.45, 2.75) is 38.5 Å². The summed E-state index contributed by atoms with van der Waals surface area (Å²) in [5.74, 6) is -0.491. The molecule has 0 heterocycles. The van der Waals surface area contributed by atoms with Gasteiger partial charge in [0.15, 0.2) is 0 Å². The molecule has 2 atom stereocenters. The summed E-state index contributed by atoms with van der Waals surface area (Å²) in [4.78, 5) is 12.3. The molecule has 5 heteroatoms. The van der Waals surface area contributed by atoms with Gasteiger partial charge in [-0.25, -0.2) is 13.7 Å². The molecule has 0 aliphatic rings. The predicted octanol–water partition coefficient (Wildman–Crippen LogP) is 2.84. The number of benzene rings is 1. The number of esters is 1. The maximum atomic E-state index is 12.4. The minimum Gasteiger partial charge on any atom is -0.465 e. The summed E-state index contributed by atoms with van der Waals surface area (Å²) in [6, 6.07) is 8.41. The second-order valence-electron chi connectivity index (χ2n) is 5.64. The molecule has 0 saturated carbocycles. The molecule has 1 aromatic rings. The molecule has 1 N–H and O–H groups in total. The van der Waals surface area contributed by atoms with E-state index in [-0.39, 0.29) is 6.61 Å². The average molecular weight is 321 g/mol. The van der Waals surface area contributed by atoms with Gasteiger partial charge in [0.25, 0.3) is 0 Å². The highest BCUT2D eigenvalue weighted by Crippen LogP contribution is 2.20. The standard InChI is InChI=1S/C17H23NO3S/c1-6-14(13-11-9-8-10-12-13)15(16(19)21-7-2)18-22(20)17(3,4)5/h8-12,15,18H,1,7H2,2-5H3/t15-,22-/m0/s1. The molecule has 4 nitrogen and oxygen atoms in total. The molecule has 120 valence electrons. The molecule has 0 radical (unpaired) electrons. The molecule has 0 bridgehead atoms. The SMILES string of the molecule is C=C=C(c1ccccc1)[C@H](N[S@@](=O)C(C)(C)C)C(=O)OCC. The third kappa shape index (κ3) is 4.95. The lowest BCUT2D eigenvalue weighted by Crippen LogP contribution is -2.45. The topological polar surface area (TPSA) is 55.4 Å². The van der Waals surface area contributed by atoms with Gasteiger partial charge in [-0.3, -0.25) is 0 Å². The van der Waals surface area contributed by atoms with E-state index in [9.17, 15) is 9.00 Å². The maximum absolute atomic E-state index is 12.4. The molecule has 0 amide bonds. The van der Waals surface area contributed by atoms with Gasteiger partial charge in [0.05, 0.1) is 22.3 Å². The lowest BCUT2D eigenvalue weighted by atomic mass is 10.0. The summed E-state index contributed by atoms with van der Waals surface area (Å²) in [6.45, 7) is 11.1. The number of ether oxygens (including phenoxy) is 1. The van der Waals surface area contributed by atoms with Crippen LogP contribution in [0.25, 0.3) is 5.57 Å². The second-order valence-corrected chi connectivity index (χ2v) is 7.64. The zero-order valence-electron chi connectivity index (χ0n) is 13.5. The van der Waals surface area contributed by atoms with Crippen LogP contribution in [0.5, 0.6) is 0 Å².